The Kier molecular flexibility index (Phi) is 10.5. The molecule has 1 spiro atoms. The molecular formula is C32H42BrN3O7. The van der Waals surface area contributed by atoms with Crippen molar-refractivity contribution < 1.29 is 33.8 Å². The molecule has 0 saturated carbocycles. The minimum atomic E-state index is -1.28. The van der Waals surface area contributed by atoms with E-state index in [9.17, 15) is 24.3 Å². The van der Waals surface area contributed by atoms with E-state index in [1.807, 2.05) is 32.0 Å². The Bertz CT molecular complexity index is 1230. The molecule has 0 aromatic heterocycles. The molecule has 0 radical (unpaired) electrons. The Labute approximate surface area is 261 Å². The highest BCUT2D eigenvalue weighted by atomic mass is 79.9. The van der Waals surface area contributed by atoms with Gasteiger partial charge in [-0.25, -0.2) is 0 Å². The average Bonchev–Trinajstić information content (AvgIpc) is 3.59. The van der Waals surface area contributed by atoms with Gasteiger partial charge in [0.15, 0.2) is 0 Å². The van der Waals surface area contributed by atoms with Crippen LogP contribution in [-0.2, 0) is 28.7 Å². The number of rotatable bonds is 14. The minimum absolute atomic E-state index is 0.0468. The lowest BCUT2D eigenvalue weighted by Gasteiger charge is -2.39. The number of aliphatic hydroxyl groups is 1. The van der Waals surface area contributed by atoms with Gasteiger partial charge < -0.3 is 29.7 Å². The quantitative estimate of drug-likeness (QED) is 0.179. The summed E-state index contributed by atoms with van der Waals surface area (Å²) in [6, 6.07) is 7.17. The molecule has 3 aliphatic rings. The smallest absolute Gasteiger partial charge is 0.313 e. The van der Waals surface area contributed by atoms with E-state index in [1.54, 1.807) is 36.1 Å². The zero-order chi connectivity index (χ0) is 31.5. The number of likely N-dealkylation sites (tertiary alicyclic amines) is 1. The van der Waals surface area contributed by atoms with E-state index in [4.69, 9.17) is 9.47 Å². The summed E-state index contributed by atoms with van der Waals surface area (Å²) in [7, 11) is 0. The van der Waals surface area contributed by atoms with Gasteiger partial charge in [0, 0.05) is 23.8 Å². The van der Waals surface area contributed by atoms with Gasteiger partial charge in [0.25, 0.3) is 0 Å². The number of amides is 3. The van der Waals surface area contributed by atoms with Crippen LogP contribution in [0, 0.1) is 11.8 Å². The van der Waals surface area contributed by atoms with Gasteiger partial charge in [-0.15, -0.1) is 13.2 Å². The maximum atomic E-state index is 14.2. The molecule has 1 aromatic carbocycles. The third-order valence-corrected chi connectivity index (χ3v) is 9.54. The molecule has 1 unspecified atom stereocenters. The van der Waals surface area contributed by atoms with E-state index >= 15 is 0 Å². The first kappa shape index (κ1) is 32.9. The van der Waals surface area contributed by atoms with Gasteiger partial charge in [-0.05, 0) is 39.2 Å². The SMILES string of the molecule is C=CCCC(=O)NC[C@@H](OC(=O)[C@H]1[C@@H]2O[C@@]3(CC2Br)[C@@H]1C(=O)N([C@H](C)CO)[C@@H]3C(=O)N(CC=C)C(C)C)c1ccccc1. The maximum Gasteiger partial charge on any atom is 0.313 e. The largest absolute Gasteiger partial charge is 0.455 e. The van der Waals surface area contributed by atoms with Crippen molar-refractivity contribution in [2.45, 2.75) is 80.8 Å². The van der Waals surface area contributed by atoms with E-state index in [2.05, 4.69) is 34.4 Å². The van der Waals surface area contributed by atoms with Crippen LogP contribution in [0.1, 0.15) is 51.7 Å². The van der Waals surface area contributed by atoms with Gasteiger partial charge in [0.2, 0.25) is 17.7 Å². The molecule has 3 aliphatic heterocycles. The maximum absolute atomic E-state index is 14.2. The summed E-state index contributed by atoms with van der Waals surface area (Å²) in [5, 5.41) is 12.9. The zero-order valence-electron chi connectivity index (χ0n) is 25.0. The molecule has 43 heavy (non-hydrogen) atoms. The fourth-order valence-corrected chi connectivity index (χ4v) is 7.61. The molecule has 2 bridgehead atoms. The van der Waals surface area contributed by atoms with Crippen LogP contribution in [0.2, 0.25) is 0 Å². The molecule has 3 fully saturated rings. The first-order chi connectivity index (χ1) is 20.5. The Morgan fingerprint density at radius 3 is 2.53 bits per heavy atom. The lowest BCUT2D eigenvalue weighted by Crippen LogP contribution is -2.59. The molecule has 3 amide bonds. The molecule has 11 heteroatoms. The predicted molar refractivity (Wildman–Crippen MR) is 164 cm³/mol. The van der Waals surface area contributed by atoms with Crippen LogP contribution in [0.25, 0.3) is 0 Å². The minimum Gasteiger partial charge on any atom is -0.455 e. The lowest BCUT2D eigenvalue weighted by atomic mass is 9.70. The van der Waals surface area contributed by atoms with Gasteiger partial charge in [-0.3, -0.25) is 19.2 Å². The second-order valence-electron chi connectivity index (χ2n) is 11.8. The first-order valence-corrected chi connectivity index (χ1v) is 15.7. The third-order valence-electron chi connectivity index (χ3n) is 8.69. The first-order valence-electron chi connectivity index (χ1n) is 14.8. The van der Waals surface area contributed by atoms with Crippen LogP contribution < -0.4 is 5.32 Å². The number of nitrogens with one attached hydrogen (secondary N) is 1. The summed E-state index contributed by atoms with van der Waals surface area (Å²) in [5.41, 5.74) is -0.595. The number of carbonyl (C=O) groups excluding carboxylic acids is 4. The standard InChI is InChI=1S/C32H42BrN3O7/c1-6-8-14-24(38)34-17-23(21-12-10-9-11-13-21)42-31(41)25-26-29(39)36(20(5)18-37)28(30(40)35(15-7-2)19(3)4)32(26)16-22(33)27(25)43-32/h6-7,9-13,19-20,22-23,25-28,37H,1-2,8,14-18H2,3-5H3,(H,34,38)/t20-,22?,23-,25-,26+,27-,28-,32+/m1/s1. The van der Waals surface area contributed by atoms with Crippen molar-refractivity contribution >= 4 is 39.6 Å². The fraction of sp³-hybridized carbons (Fsp3) is 0.562. The summed E-state index contributed by atoms with van der Waals surface area (Å²) < 4.78 is 12.6. The summed E-state index contributed by atoms with van der Waals surface area (Å²) in [6.45, 7) is 12.8. The number of hydrogen-bond acceptors (Lipinski definition) is 7. The number of hydrogen-bond donors (Lipinski definition) is 2. The van der Waals surface area contributed by atoms with E-state index in [1.165, 1.54) is 4.90 Å². The monoisotopic (exact) mass is 659 g/mol. The molecular weight excluding hydrogens is 618 g/mol. The van der Waals surface area contributed by atoms with Gasteiger partial charge in [0.1, 0.15) is 17.7 Å². The normalized spacial score (nSPS) is 28.7. The van der Waals surface area contributed by atoms with Crippen molar-refractivity contribution in [2.24, 2.45) is 11.8 Å². The van der Waals surface area contributed by atoms with Crippen LogP contribution in [0.3, 0.4) is 0 Å². The predicted octanol–water partition coefficient (Wildman–Crippen LogP) is 2.91. The Hall–Kier alpha value is -3.02. The van der Waals surface area contributed by atoms with Crippen molar-refractivity contribution in [3.63, 3.8) is 0 Å². The number of benzene rings is 1. The summed E-state index contributed by atoms with van der Waals surface area (Å²) >= 11 is 3.67. The molecule has 10 nitrogen and oxygen atoms in total. The fourth-order valence-electron chi connectivity index (χ4n) is 6.67. The van der Waals surface area contributed by atoms with Crippen LogP contribution in [0.5, 0.6) is 0 Å². The summed E-state index contributed by atoms with van der Waals surface area (Å²) in [4.78, 5) is 57.5. The third kappa shape index (κ3) is 6.17. The average molecular weight is 661 g/mol. The molecule has 3 saturated heterocycles. The number of aliphatic hydroxyl groups excluding tert-OH is 1. The van der Waals surface area contributed by atoms with Crippen molar-refractivity contribution in [2.75, 3.05) is 19.7 Å². The van der Waals surface area contributed by atoms with Crippen molar-refractivity contribution in [1.29, 1.82) is 0 Å². The van der Waals surface area contributed by atoms with Gasteiger partial charge >= 0.3 is 5.97 Å². The molecule has 8 atom stereocenters. The number of halogens is 1. The van der Waals surface area contributed by atoms with Crippen molar-refractivity contribution in [1.82, 2.24) is 15.1 Å². The molecule has 234 valence electrons. The van der Waals surface area contributed by atoms with Crippen LogP contribution in [0.4, 0.5) is 0 Å². The second kappa shape index (κ2) is 13.7. The van der Waals surface area contributed by atoms with E-state index in [0.29, 0.717) is 18.4 Å². The lowest BCUT2D eigenvalue weighted by molar-refractivity contribution is -0.161. The molecule has 3 heterocycles. The van der Waals surface area contributed by atoms with Crippen LogP contribution >= 0.6 is 15.9 Å². The Morgan fingerprint density at radius 1 is 1.23 bits per heavy atom. The summed E-state index contributed by atoms with van der Waals surface area (Å²) in [5.74, 6) is -3.54. The highest BCUT2D eigenvalue weighted by Crippen LogP contribution is 2.60. The number of alkyl halides is 1. The van der Waals surface area contributed by atoms with Gasteiger partial charge in [-0.2, -0.15) is 0 Å². The van der Waals surface area contributed by atoms with E-state index < -0.39 is 53.6 Å². The molecule has 1 aromatic rings. The van der Waals surface area contributed by atoms with Crippen molar-refractivity contribution in [3.05, 3.63) is 61.2 Å². The highest BCUT2D eigenvalue weighted by Gasteiger charge is 2.77. The van der Waals surface area contributed by atoms with Gasteiger partial charge in [-0.1, -0.05) is 58.4 Å². The van der Waals surface area contributed by atoms with E-state index in [-0.39, 0.29) is 48.8 Å². The van der Waals surface area contributed by atoms with Crippen LogP contribution in [-0.4, -0.2) is 93.0 Å². The number of ether oxygens (including phenoxy) is 2. The Morgan fingerprint density at radius 2 is 1.93 bits per heavy atom. The van der Waals surface area contributed by atoms with Gasteiger partial charge in [0.05, 0.1) is 37.1 Å². The number of allylic oxidation sites excluding steroid dienone is 1. The number of esters is 1. The second-order valence-corrected chi connectivity index (χ2v) is 13.0. The Balaban J connectivity index is 1.67. The molecule has 4 rings (SSSR count). The number of fused-ring (bicyclic) bond motifs is 1. The number of carbonyl (C=O) groups is 4. The summed E-state index contributed by atoms with van der Waals surface area (Å²) in [6.07, 6.45) is 2.89. The molecule has 2 N–H and O–H groups in total. The number of nitrogens with zero attached hydrogens (tertiary/aromatic N) is 2. The highest BCUT2D eigenvalue weighted by molar-refractivity contribution is 9.09. The zero-order valence-corrected chi connectivity index (χ0v) is 26.6. The molecule has 0 aliphatic carbocycles. The van der Waals surface area contributed by atoms with E-state index in [0.717, 1.165) is 0 Å². The van der Waals surface area contributed by atoms with Crippen LogP contribution in [0.15, 0.2) is 55.6 Å². The van der Waals surface area contributed by atoms with Crippen molar-refractivity contribution in [3.8, 4) is 0 Å². The topological polar surface area (TPSA) is 125 Å².